The number of hydrogen-bond acceptors (Lipinski definition) is 6. The SMILES string of the molecule is CCC(=C/c1[se]c2ccc(OC)cc2[n+]1CCCCS(=O)(=O)[O-])/C=C1/Sc2cc(C)c(C)cc2N1CC. The number of aryl methyl sites for hydroxylation is 3. The first-order chi connectivity index (χ1) is 17.6. The van der Waals surface area contributed by atoms with Crippen molar-refractivity contribution in [2.24, 2.45) is 0 Å². The van der Waals surface area contributed by atoms with Crippen LogP contribution < -0.4 is 14.2 Å². The normalized spacial score (nSPS) is 15.1. The van der Waals surface area contributed by atoms with Gasteiger partial charge in [0.25, 0.3) is 0 Å². The van der Waals surface area contributed by atoms with Gasteiger partial charge in [0.05, 0.1) is 0 Å². The van der Waals surface area contributed by atoms with Crippen LogP contribution in [0.15, 0.2) is 51.9 Å². The fraction of sp³-hybridized carbons (Fsp3) is 0.393. The number of benzene rings is 2. The summed E-state index contributed by atoms with van der Waals surface area (Å²) in [5.41, 5.74) is 6.27. The molecule has 0 bridgehead atoms. The summed E-state index contributed by atoms with van der Waals surface area (Å²) < 4.78 is 43.5. The van der Waals surface area contributed by atoms with E-state index in [2.05, 4.69) is 73.6 Å². The second-order valence-electron chi connectivity index (χ2n) is 9.20. The van der Waals surface area contributed by atoms with Crippen molar-refractivity contribution in [3.05, 3.63) is 62.7 Å². The molecule has 3 aromatic rings. The van der Waals surface area contributed by atoms with Gasteiger partial charge in [0.15, 0.2) is 0 Å². The van der Waals surface area contributed by atoms with E-state index in [-0.39, 0.29) is 20.3 Å². The zero-order chi connectivity index (χ0) is 26.7. The molecule has 9 heteroatoms. The van der Waals surface area contributed by atoms with E-state index >= 15 is 0 Å². The minimum atomic E-state index is -4.20. The van der Waals surface area contributed by atoms with Crippen LogP contribution >= 0.6 is 11.8 Å². The Bertz CT molecular complexity index is 1480. The Morgan fingerprint density at radius 3 is 2.59 bits per heavy atom. The quantitative estimate of drug-likeness (QED) is 0.133. The number of fused-ring (bicyclic) bond motifs is 2. The van der Waals surface area contributed by atoms with Crippen molar-refractivity contribution < 1.29 is 22.3 Å². The van der Waals surface area contributed by atoms with Gasteiger partial charge in [-0.05, 0) is 0 Å². The van der Waals surface area contributed by atoms with E-state index in [9.17, 15) is 13.0 Å². The molecule has 0 fully saturated rings. The number of anilines is 1. The van der Waals surface area contributed by atoms with Crippen molar-refractivity contribution in [2.75, 3.05) is 24.3 Å². The number of rotatable bonds is 10. The zero-order valence-electron chi connectivity index (χ0n) is 22.0. The topological polar surface area (TPSA) is 73.5 Å². The average molecular weight is 606 g/mol. The molecular weight excluding hydrogens is 571 g/mol. The van der Waals surface area contributed by atoms with E-state index in [1.54, 1.807) is 7.11 Å². The van der Waals surface area contributed by atoms with Gasteiger partial charge in [-0.2, -0.15) is 0 Å². The second kappa shape index (κ2) is 11.8. The molecule has 198 valence electrons. The van der Waals surface area contributed by atoms with Crippen LogP contribution in [-0.2, 0) is 16.7 Å². The molecule has 0 N–H and O–H groups in total. The summed E-state index contributed by atoms with van der Waals surface area (Å²) in [5, 5.41) is 1.24. The average Bonchev–Trinajstić information content (AvgIpc) is 3.36. The Balaban J connectivity index is 1.70. The molecule has 0 amide bonds. The van der Waals surface area contributed by atoms with Gasteiger partial charge in [-0.25, -0.2) is 0 Å². The molecule has 2 aromatic carbocycles. The standard InChI is InChI=1S/C28H34N2O4S2Se/c1-6-21(16-27-29(7-2)23-14-19(3)20(4)15-25(23)35-27)17-28-30(12-8-9-13-36(31,32)33)24-18-22(34-5)10-11-26(24)37-28/h10-11,14-18H,6-9,12-13H2,1-5H3. The summed E-state index contributed by atoms with van der Waals surface area (Å²) in [6, 6.07) is 10.8. The number of nitrogens with zero attached hydrogens (tertiary/aromatic N) is 2. The van der Waals surface area contributed by atoms with Gasteiger partial charge in [-0.1, -0.05) is 0 Å². The molecule has 1 aliphatic heterocycles. The minimum absolute atomic E-state index is 0.121. The van der Waals surface area contributed by atoms with Gasteiger partial charge in [0.2, 0.25) is 0 Å². The molecule has 0 saturated heterocycles. The Kier molecular flexibility index (Phi) is 8.92. The third-order valence-electron chi connectivity index (χ3n) is 6.65. The molecule has 1 aromatic heterocycles. The van der Waals surface area contributed by atoms with E-state index in [4.69, 9.17) is 4.74 Å². The van der Waals surface area contributed by atoms with Gasteiger partial charge in [-0.3, -0.25) is 0 Å². The number of aromatic nitrogens is 1. The molecule has 37 heavy (non-hydrogen) atoms. The van der Waals surface area contributed by atoms with Crippen LogP contribution in [0, 0.1) is 13.8 Å². The van der Waals surface area contributed by atoms with Gasteiger partial charge >= 0.3 is 231 Å². The van der Waals surface area contributed by atoms with Crippen LogP contribution in [0.5, 0.6) is 5.75 Å². The number of hydrogen-bond donors (Lipinski definition) is 0. The summed E-state index contributed by atoms with van der Waals surface area (Å²) in [5.74, 6) is 0.479. The number of methoxy groups -OCH3 is 1. The predicted molar refractivity (Wildman–Crippen MR) is 153 cm³/mol. The van der Waals surface area contributed by atoms with Crippen molar-refractivity contribution in [2.45, 2.75) is 58.4 Å². The van der Waals surface area contributed by atoms with Crippen molar-refractivity contribution in [3.8, 4) is 5.75 Å². The zero-order valence-corrected chi connectivity index (χ0v) is 25.4. The van der Waals surface area contributed by atoms with Crippen LogP contribution in [-0.4, -0.2) is 46.9 Å². The summed E-state index contributed by atoms with van der Waals surface area (Å²) in [6.07, 6.45) is 6.50. The Hall–Kier alpha value is -2.03. The predicted octanol–water partition coefficient (Wildman–Crippen LogP) is 5.40. The van der Waals surface area contributed by atoms with E-state index in [0.717, 1.165) is 24.2 Å². The van der Waals surface area contributed by atoms with Crippen LogP contribution in [0.2, 0.25) is 0 Å². The third kappa shape index (κ3) is 6.52. The summed E-state index contributed by atoms with van der Waals surface area (Å²) >= 11 is 1.95. The fourth-order valence-corrected chi connectivity index (χ4v) is 8.69. The molecular formula is C28H34N2O4S2Se. The van der Waals surface area contributed by atoms with Crippen LogP contribution in [0.4, 0.5) is 5.69 Å². The van der Waals surface area contributed by atoms with Gasteiger partial charge in [-0.15, -0.1) is 0 Å². The number of allylic oxidation sites excluding steroid dienone is 2. The number of thioether (sulfide) groups is 1. The van der Waals surface area contributed by atoms with Crippen molar-refractivity contribution >= 4 is 57.9 Å². The number of ether oxygens (including phenoxy) is 1. The first kappa shape index (κ1) is 28.0. The van der Waals surface area contributed by atoms with E-state index in [1.807, 2.05) is 17.8 Å². The van der Waals surface area contributed by atoms with Crippen molar-refractivity contribution in [1.82, 2.24) is 0 Å². The molecule has 0 saturated carbocycles. The molecule has 0 atom stereocenters. The molecule has 1 aliphatic rings. The summed E-state index contributed by atoms with van der Waals surface area (Å²) in [4.78, 5) is 3.69. The maximum atomic E-state index is 11.1. The van der Waals surface area contributed by atoms with E-state index < -0.39 is 10.1 Å². The second-order valence-corrected chi connectivity index (χ2v) is 14.0. The molecule has 0 unspecified atom stereocenters. The molecule has 4 rings (SSSR count). The van der Waals surface area contributed by atoms with E-state index in [0.29, 0.717) is 19.4 Å². The summed E-state index contributed by atoms with van der Waals surface area (Å²) in [6.45, 7) is 10.3. The van der Waals surface area contributed by atoms with Gasteiger partial charge < -0.3 is 0 Å². The molecule has 0 spiro atoms. The van der Waals surface area contributed by atoms with E-state index in [1.165, 1.54) is 41.1 Å². The van der Waals surface area contributed by atoms with Gasteiger partial charge in [0.1, 0.15) is 0 Å². The molecule has 0 aliphatic carbocycles. The maximum absolute atomic E-state index is 11.1. The van der Waals surface area contributed by atoms with Gasteiger partial charge in [0, 0.05) is 0 Å². The molecule has 2 heterocycles. The Labute approximate surface area is 230 Å². The first-order valence-electron chi connectivity index (χ1n) is 12.6. The van der Waals surface area contributed by atoms with Crippen LogP contribution in [0.1, 0.15) is 48.8 Å². The Morgan fingerprint density at radius 1 is 1.16 bits per heavy atom. The number of unbranched alkanes of at least 4 members (excludes halogenated alkanes) is 1. The molecule has 0 radical (unpaired) electrons. The third-order valence-corrected chi connectivity index (χ3v) is 10.9. The van der Waals surface area contributed by atoms with Crippen LogP contribution in [0.3, 0.4) is 0 Å². The fourth-order valence-electron chi connectivity index (χ4n) is 4.44. The summed E-state index contributed by atoms with van der Waals surface area (Å²) in [7, 11) is -2.53. The van der Waals surface area contributed by atoms with Crippen molar-refractivity contribution in [1.29, 1.82) is 0 Å². The molecule has 6 nitrogen and oxygen atoms in total. The van der Waals surface area contributed by atoms with Crippen LogP contribution in [0.25, 0.3) is 15.9 Å². The first-order valence-corrected chi connectivity index (χ1v) is 16.7. The van der Waals surface area contributed by atoms with Crippen molar-refractivity contribution in [3.63, 3.8) is 0 Å². The monoisotopic (exact) mass is 606 g/mol. The Morgan fingerprint density at radius 2 is 1.92 bits per heavy atom.